The zero-order chi connectivity index (χ0) is 16.0. The zero-order valence-corrected chi connectivity index (χ0v) is 14.8. The number of methoxy groups -OCH3 is 2. The predicted octanol–water partition coefficient (Wildman–Crippen LogP) is 5.06. The first kappa shape index (κ1) is 18.4. The molecule has 0 bridgehead atoms. The van der Waals surface area contributed by atoms with Crippen molar-refractivity contribution in [1.82, 2.24) is 0 Å². The van der Waals surface area contributed by atoms with Crippen molar-refractivity contribution in [3.05, 3.63) is 24.3 Å². The fraction of sp³-hybridized carbons (Fsp3) is 0.789. The molecule has 0 N–H and O–H groups in total. The minimum Gasteiger partial charge on any atom is -0.356 e. The van der Waals surface area contributed by atoms with E-state index in [0.717, 1.165) is 12.8 Å². The Morgan fingerprint density at radius 2 is 1.90 bits per heavy atom. The molecule has 0 aliphatic heterocycles. The summed E-state index contributed by atoms with van der Waals surface area (Å²) < 4.78 is 11.3. The maximum atomic E-state index is 5.67. The van der Waals surface area contributed by atoms with Gasteiger partial charge in [-0.2, -0.15) is 0 Å². The number of ether oxygens (including phenoxy) is 2. The summed E-state index contributed by atoms with van der Waals surface area (Å²) in [6, 6.07) is 0. The average Bonchev–Trinajstić information content (AvgIpc) is 2.43. The summed E-state index contributed by atoms with van der Waals surface area (Å²) in [4.78, 5) is 0. The van der Waals surface area contributed by atoms with Crippen LogP contribution in [-0.4, -0.2) is 20.5 Å². The van der Waals surface area contributed by atoms with Crippen LogP contribution < -0.4 is 0 Å². The SMILES string of the molecule is C=CCC(C)C[C@H]1C(C)=CC[C@H](C(C)C)[C@H]1C(OC)OC. The van der Waals surface area contributed by atoms with E-state index >= 15 is 0 Å². The van der Waals surface area contributed by atoms with Gasteiger partial charge in [-0.25, -0.2) is 0 Å². The second-order valence-electron chi connectivity index (χ2n) is 6.98. The first-order valence-corrected chi connectivity index (χ1v) is 8.29. The van der Waals surface area contributed by atoms with Gasteiger partial charge < -0.3 is 9.47 Å². The molecule has 0 saturated heterocycles. The van der Waals surface area contributed by atoms with Crippen molar-refractivity contribution in [2.24, 2.45) is 29.6 Å². The summed E-state index contributed by atoms with van der Waals surface area (Å²) >= 11 is 0. The Hall–Kier alpha value is -0.600. The van der Waals surface area contributed by atoms with Gasteiger partial charge in [-0.3, -0.25) is 0 Å². The van der Waals surface area contributed by atoms with Gasteiger partial charge in [-0.1, -0.05) is 38.5 Å². The van der Waals surface area contributed by atoms with Crippen molar-refractivity contribution < 1.29 is 9.47 Å². The predicted molar refractivity (Wildman–Crippen MR) is 90.1 cm³/mol. The van der Waals surface area contributed by atoms with Gasteiger partial charge >= 0.3 is 0 Å². The van der Waals surface area contributed by atoms with E-state index in [1.165, 1.54) is 12.0 Å². The summed E-state index contributed by atoms with van der Waals surface area (Å²) in [5.74, 6) is 2.91. The molecule has 0 aromatic carbocycles. The molecule has 21 heavy (non-hydrogen) atoms. The third-order valence-corrected chi connectivity index (χ3v) is 5.12. The molecule has 122 valence electrons. The maximum absolute atomic E-state index is 5.67. The second-order valence-corrected chi connectivity index (χ2v) is 6.98. The summed E-state index contributed by atoms with van der Waals surface area (Å²) in [6.07, 6.45) is 7.77. The molecule has 0 aromatic heterocycles. The summed E-state index contributed by atoms with van der Waals surface area (Å²) in [5.41, 5.74) is 1.51. The highest BCUT2D eigenvalue weighted by molar-refractivity contribution is 5.12. The van der Waals surface area contributed by atoms with Crippen LogP contribution in [0.4, 0.5) is 0 Å². The van der Waals surface area contributed by atoms with Crippen LogP contribution in [0.2, 0.25) is 0 Å². The standard InChI is InChI=1S/C19H34O2/c1-8-9-14(4)12-17-15(5)10-11-16(13(2)3)18(17)19(20-6)21-7/h8,10,13-14,16-19H,1,9,11-12H2,2-7H3/t14?,16-,17+,18-/m1/s1. The number of hydrogen-bond acceptors (Lipinski definition) is 2. The molecule has 0 amide bonds. The van der Waals surface area contributed by atoms with Crippen LogP contribution in [0.1, 0.15) is 47.0 Å². The van der Waals surface area contributed by atoms with Crippen LogP contribution in [0.25, 0.3) is 0 Å². The molecule has 2 nitrogen and oxygen atoms in total. The highest BCUT2D eigenvalue weighted by Gasteiger charge is 2.40. The van der Waals surface area contributed by atoms with Gasteiger partial charge in [0.2, 0.25) is 0 Å². The monoisotopic (exact) mass is 294 g/mol. The lowest BCUT2D eigenvalue weighted by atomic mass is 9.65. The van der Waals surface area contributed by atoms with E-state index < -0.39 is 0 Å². The molecule has 0 heterocycles. The van der Waals surface area contributed by atoms with Crippen LogP contribution >= 0.6 is 0 Å². The lowest BCUT2D eigenvalue weighted by molar-refractivity contribution is -0.167. The molecule has 1 aliphatic rings. The molecular weight excluding hydrogens is 260 g/mol. The van der Waals surface area contributed by atoms with Crippen molar-refractivity contribution in [3.63, 3.8) is 0 Å². The Morgan fingerprint density at radius 1 is 1.29 bits per heavy atom. The lowest BCUT2D eigenvalue weighted by Crippen LogP contribution is -2.41. The van der Waals surface area contributed by atoms with Crippen LogP contribution in [0, 0.1) is 29.6 Å². The Balaban J connectivity index is 3.03. The van der Waals surface area contributed by atoms with Crippen LogP contribution in [0.5, 0.6) is 0 Å². The molecule has 0 spiro atoms. The first-order chi connectivity index (χ1) is 9.96. The van der Waals surface area contributed by atoms with Gasteiger partial charge in [0.05, 0.1) is 0 Å². The second kappa shape index (κ2) is 8.75. The van der Waals surface area contributed by atoms with E-state index in [1.807, 2.05) is 6.08 Å². The third-order valence-electron chi connectivity index (χ3n) is 5.12. The Morgan fingerprint density at radius 3 is 2.38 bits per heavy atom. The Kier molecular flexibility index (Phi) is 7.69. The minimum atomic E-state index is -0.109. The summed E-state index contributed by atoms with van der Waals surface area (Å²) in [7, 11) is 3.53. The fourth-order valence-corrected chi connectivity index (χ4v) is 3.91. The Bertz CT molecular complexity index is 341. The summed E-state index contributed by atoms with van der Waals surface area (Å²) in [5, 5.41) is 0. The topological polar surface area (TPSA) is 18.5 Å². The molecule has 2 heteroatoms. The molecule has 0 radical (unpaired) electrons. The molecule has 4 atom stereocenters. The van der Waals surface area contributed by atoms with Gasteiger partial charge in [0, 0.05) is 20.1 Å². The smallest absolute Gasteiger partial charge is 0.160 e. The maximum Gasteiger partial charge on any atom is 0.160 e. The molecule has 1 rings (SSSR count). The van der Waals surface area contributed by atoms with Crippen LogP contribution in [-0.2, 0) is 9.47 Å². The molecule has 1 unspecified atom stereocenters. The minimum absolute atomic E-state index is 0.109. The largest absolute Gasteiger partial charge is 0.356 e. The quantitative estimate of drug-likeness (QED) is 0.460. The number of hydrogen-bond donors (Lipinski definition) is 0. The molecule has 0 saturated carbocycles. The summed E-state index contributed by atoms with van der Waals surface area (Å²) in [6.45, 7) is 13.1. The van der Waals surface area contributed by atoms with Crippen molar-refractivity contribution in [2.45, 2.75) is 53.2 Å². The van der Waals surface area contributed by atoms with Crippen LogP contribution in [0.3, 0.4) is 0 Å². The van der Waals surface area contributed by atoms with Gasteiger partial charge in [-0.05, 0) is 49.9 Å². The Labute approximate surface area is 131 Å². The van der Waals surface area contributed by atoms with E-state index in [1.54, 1.807) is 14.2 Å². The lowest BCUT2D eigenvalue weighted by Gasteiger charge is -2.43. The van der Waals surface area contributed by atoms with E-state index in [2.05, 4.69) is 40.3 Å². The van der Waals surface area contributed by atoms with E-state index in [0.29, 0.717) is 29.6 Å². The normalized spacial score (nSPS) is 27.8. The van der Waals surface area contributed by atoms with E-state index in [-0.39, 0.29) is 6.29 Å². The average molecular weight is 294 g/mol. The van der Waals surface area contributed by atoms with Crippen molar-refractivity contribution in [1.29, 1.82) is 0 Å². The van der Waals surface area contributed by atoms with Gasteiger partial charge in [0.1, 0.15) is 0 Å². The molecule has 0 fully saturated rings. The highest BCUT2D eigenvalue weighted by atomic mass is 16.7. The molecular formula is C19H34O2. The number of rotatable bonds is 8. The van der Waals surface area contributed by atoms with Gasteiger partial charge in [0.15, 0.2) is 6.29 Å². The highest BCUT2D eigenvalue weighted by Crippen LogP contribution is 2.44. The first-order valence-electron chi connectivity index (χ1n) is 8.29. The van der Waals surface area contributed by atoms with Crippen molar-refractivity contribution >= 4 is 0 Å². The van der Waals surface area contributed by atoms with Crippen molar-refractivity contribution in [3.8, 4) is 0 Å². The van der Waals surface area contributed by atoms with Crippen molar-refractivity contribution in [2.75, 3.05) is 14.2 Å². The third kappa shape index (κ3) is 4.69. The molecule has 1 aliphatic carbocycles. The number of allylic oxidation sites excluding steroid dienone is 3. The van der Waals surface area contributed by atoms with E-state index in [9.17, 15) is 0 Å². The van der Waals surface area contributed by atoms with Crippen LogP contribution in [0.15, 0.2) is 24.3 Å². The van der Waals surface area contributed by atoms with E-state index in [4.69, 9.17) is 9.47 Å². The van der Waals surface area contributed by atoms with Gasteiger partial charge in [0.25, 0.3) is 0 Å². The molecule has 0 aromatic rings. The fourth-order valence-electron chi connectivity index (χ4n) is 3.91. The zero-order valence-electron chi connectivity index (χ0n) is 14.8. The van der Waals surface area contributed by atoms with Gasteiger partial charge in [-0.15, -0.1) is 6.58 Å².